The number of halogens is 2. The minimum atomic E-state index is -1.00. The monoisotopic (exact) mass is 331 g/mol. The van der Waals surface area contributed by atoms with Crippen LogP contribution in [0.1, 0.15) is 12.5 Å². The Morgan fingerprint density at radius 2 is 1.74 bits per heavy atom. The molecule has 5 heteroatoms. The fraction of sp³-hybridized carbons (Fsp3) is 0.167. The Balaban J connectivity index is 2.17. The molecule has 0 aliphatic carbocycles. The van der Waals surface area contributed by atoms with E-state index in [1.807, 2.05) is 38.1 Å². The van der Waals surface area contributed by atoms with Crippen molar-refractivity contribution in [3.8, 4) is 0 Å². The zero-order valence-electron chi connectivity index (χ0n) is 12.8. The van der Waals surface area contributed by atoms with E-state index in [2.05, 4.69) is 0 Å². The van der Waals surface area contributed by atoms with Crippen molar-refractivity contribution in [2.24, 2.45) is 0 Å². The van der Waals surface area contributed by atoms with Crippen LogP contribution >= 0.6 is 11.8 Å². The first-order valence-electron chi connectivity index (χ1n) is 7.26. The van der Waals surface area contributed by atoms with Gasteiger partial charge in [-0.25, -0.2) is 8.78 Å². The van der Waals surface area contributed by atoms with Crippen LogP contribution in [0.25, 0.3) is 10.9 Å². The van der Waals surface area contributed by atoms with Crippen LogP contribution in [0.2, 0.25) is 0 Å². The molecule has 0 amide bonds. The van der Waals surface area contributed by atoms with Crippen LogP contribution in [0.5, 0.6) is 0 Å². The quantitative estimate of drug-likeness (QED) is 0.690. The smallest absolute Gasteiger partial charge is 0.203 e. The largest absolute Gasteiger partial charge is 0.346 e. The number of fused-ring (bicyclic) bond motifs is 1. The molecular formula is C18H15F2NOS. The summed E-state index contributed by atoms with van der Waals surface area (Å²) in [5, 5.41) is 0.197. The summed E-state index contributed by atoms with van der Waals surface area (Å²) in [6, 6.07) is 9.87. The summed E-state index contributed by atoms with van der Waals surface area (Å²) >= 11 is 1.33. The van der Waals surface area contributed by atoms with E-state index in [4.69, 9.17) is 0 Å². The topological polar surface area (TPSA) is 22.0 Å². The van der Waals surface area contributed by atoms with E-state index >= 15 is 0 Å². The molecule has 0 bridgehead atoms. The van der Waals surface area contributed by atoms with Crippen LogP contribution in [0.15, 0.2) is 57.2 Å². The minimum absolute atomic E-state index is 0.197. The molecule has 0 aliphatic heterocycles. The Morgan fingerprint density at radius 3 is 2.39 bits per heavy atom. The summed E-state index contributed by atoms with van der Waals surface area (Å²) in [6.07, 6.45) is 1.70. The van der Waals surface area contributed by atoms with Gasteiger partial charge in [-0.3, -0.25) is 4.79 Å². The van der Waals surface area contributed by atoms with Crippen molar-refractivity contribution < 1.29 is 8.78 Å². The first-order chi connectivity index (χ1) is 11.0. The lowest BCUT2D eigenvalue weighted by Gasteiger charge is -2.12. The van der Waals surface area contributed by atoms with E-state index in [9.17, 15) is 13.6 Å². The second kappa shape index (κ2) is 6.16. The lowest BCUT2D eigenvalue weighted by molar-refractivity contribution is 0.510. The van der Waals surface area contributed by atoms with Gasteiger partial charge in [0.25, 0.3) is 0 Å². The molecular weight excluding hydrogens is 316 g/mol. The highest BCUT2D eigenvalue weighted by Crippen LogP contribution is 2.27. The van der Waals surface area contributed by atoms with Gasteiger partial charge in [-0.15, -0.1) is 0 Å². The average molecular weight is 331 g/mol. The molecule has 0 aliphatic rings. The van der Waals surface area contributed by atoms with Gasteiger partial charge in [-0.1, -0.05) is 29.5 Å². The number of aryl methyl sites for hydroxylation is 2. The summed E-state index contributed by atoms with van der Waals surface area (Å²) in [4.78, 5) is 14.0. The van der Waals surface area contributed by atoms with E-state index in [0.29, 0.717) is 17.0 Å². The van der Waals surface area contributed by atoms with Crippen molar-refractivity contribution in [2.45, 2.75) is 30.2 Å². The number of hydrogen-bond donors (Lipinski definition) is 0. The maximum atomic E-state index is 13.5. The molecule has 2 nitrogen and oxygen atoms in total. The minimum Gasteiger partial charge on any atom is -0.346 e. The van der Waals surface area contributed by atoms with Gasteiger partial charge in [-0.2, -0.15) is 0 Å². The maximum absolute atomic E-state index is 13.5. The number of rotatable bonds is 3. The Labute approximate surface area is 136 Å². The van der Waals surface area contributed by atoms with E-state index < -0.39 is 11.6 Å². The third-order valence-corrected chi connectivity index (χ3v) is 4.70. The molecule has 0 spiro atoms. The van der Waals surface area contributed by atoms with Gasteiger partial charge in [0, 0.05) is 29.1 Å². The molecule has 0 unspecified atom stereocenters. The Hall–Kier alpha value is -2.14. The van der Waals surface area contributed by atoms with Gasteiger partial charge in [0.2, 0.25) is 5.43 Å². The van der Waals surface area contributed by atoms with Crippen LogP contribution in [0.4, 0.5) is 8.78 Å². The van der Waals surface area contributed by atoms with E-state index in [1.165, 1.54) is 11.8 Å². The van der Waals surface area contributed by atoms with Crippen LogP contribution in [0.3, 0.4) is 0 Å². The molecule has 3 aromatic rings. The second-order valence-corrected chi connectivity index (χ2v) is 6.42. The summed E-state index contributed by atoms with van der Waals surface area (Å²) in [5.41, 5.74) is 1.26. The number of aromatic nitrogens is 1. The van der Waals surface area contributed by atoms with Crippen molar-refractivity contribution in [1.82, 2.24) is 4.57 Å². The molecule has 0 saturated carbocycles. The molecule has 3 rings (SSSR count). The van der Waals surface area contributed by atoms with Gasteiger partial charge >= 0.3 is 0 Å². The number of nitrogens with zero attached hydrogens (tertiary/aromatic N) is 1. The van der Waals surface area contributed by atoms with Crippen molar-refractivity contribution >= 4 is 22.7 Å². The predicted molar refractivity (Wildman–Crippen MR) is 89.1 cm³/mol. The maximum Gasteiger partial charge on any atom is 0.203 e. The van der Waals surface area contributed by atoms with Gasteiger partial charge < -0.3 is 4.57 Å². The standard InChI is InChI=1S/C18H15F2NOS/c1-3-21-10-17(23-12-6-4-11(2)5-7-12)18(22)13-8-14(19)15(20)9-16(13)21/h4-10H,3H2,1-2H3. The number of hydrogen-bond acceptors (Lipinski definition) is 2. The van der Waals surface area contributed by atoms with Crippen LogP contribution in [-0.4, -0.2) is 4.57 Å². The molecule has 23 heavy (non-hydrogen) atoms. The highest BCUT2D eigenvalue weighted by Gasteiger charge is 2.13. The summed E-state index contributed by atoms with van der Waals surface area (Å²) in [7, 11) is 0. The summed E-state index contributed by atoms with van der Waals surface area (Å²) in [6.45, 7) is 4.45. The molecule has 1 heterocycles. The van der Waals surface area contributed by atoms with Crippen LogP contribution in [-0.2, 0) is 6.54 Å². The van der Waals surface area contributed by atoms with Crippen molar-refractivity contribution in [2.75, 3.05) is 0 Å². The van der Waals surface area contributed by atoms with E-state index in [0.717, 1.165) is 22.6 Å². The Kier molecular flexibility index (Phi) is 4.22. The number of pyridine rings is 1. The third-order valence-electron chi connectivity index (χ3n) is 3.68. The highest BCUT2D eigenvalue weighted by atomic mass is 32.2. The first-order valence-corrected chi connectivity index (χ1v) is 8.08. The fourth-order valence-corrected chi connectivity index (χ4v) is 3.33. The van der Waals surface area contributed by atoms with Crippen LogP contribution < -0.4 is 5.43 Å². The molecule has 0 atom stereocenters. The molecule has 1 aromatic heterocycles. The van der Waals surface area contributed by atoms with Gasteiger partial charge in [0.1, 0.15) is 0 Å². The molecule has 118 valence electrons. The van der Waals surface area contributed by atoms with E-state index in [1.54, 1.807) is 10.8 Å². The van der Waals surface area contributed by atoms with Gasteiger partial charge in [-0.05, 0) is 32.0 Å². The third kappa shape index (κ3) is 3.01. The lowest BCUT2D eigenvalue weighted by atomic mass is 10.2. The number of benzene rings is 2. The highest BCUT2D eigenvalue weighted by molar-refractivity contribution is 7.99. The Bertz CT molecular complexity index is 932. The summed E-state index contributed by atoms with van der Waals surface area (Å²) < 4.78 is 28.8. The second-order valence-electron chi connectivity index (χ2n) is 5.31. The molecule has 0 N–H and O–H groups in total. The Morgan fingerprint density at radius 1 is 1.09 bits per heavy atom. The molecule has 2 aromatic carbocycles. The zero-order chi connectivity index (χ0) is 16.6. The van der Waals surface area contributed by atoms with Gasteiger partial charge in [0.05, 0.1) is 10.4 Å². The average Bonchev–Trinajstić information content (AvgIpc) is 2.54. The first kappa shape index (κ1) is 15.7. The SMILES string of the molecule is CCn1cc(Sc2ccc(C)cc2)c(=O)c2cc(F)c(F)cc21. The summed E-state index contributed by atoms with van der Waals surface area (Å²) in [5.74, 6) is -1.95. The predicted octanol–water partition coefficient (Wildman–Crippen LogP) is 4.76. The molecule has 0 radical (unpaired) electrons. The van der Waals surface area contributed by atoms with Crippen LogP contribution in [0, 0.1) is 18.6 Å². The van der Waals surface area contributed by atoms with Gasteiger partial charge in [0.15, 0.2) is 11.6 Å². The van der Waals surface area contributed by atoms with Crippen molar-refractivity contribution in [3.63, 3.8) is 0 Å². The lowest BCUT2D eigenvalue weighted by Crippen LogP contribution is -2.12. The zero-order valence-corrected chi connectivity index (χ0v) is 13.6. The van der Waals surface area contributed by atoms with E-state index in [-0.39, 0.29) is 10.8 Å². The van der Waals surface area contributed by atoms with Crippen molar-refractivity contribution in [1.29, 1.82) is 0 Å². The fourth-order valence-electron chi connectivity index (χ4n) is 2.43. The van der Waals surface area contributed by atoms with Crippen molar-refractivity contribution in [3.05, 3.63) is 70.0 Å². The normalized spacial score (nSPS) is 11.1. The molecule has 0 saturated heterocycles. The molecule has 0 fully saturated rings.